The van der Waals surface area contributed by atoms with E-state index < -0.39 is 10.0 Å². The number of pyridine rings is 1. The fraction of sp³-hybridized carbons (Fsp3) is 0.154. The zero-order valence-electron chi connectivity index (χ0n) is 10.5. The SMILES string of the molecule is NS(=O)(=O)c1cc(Br)ccc1OCCc1ccccn1. The summed E-state index contributed by atoms with van der Waals surface area (Å²) in [5.41, 5.74) is 0.877. The van der Waals surface area contributed by atoms with Gasteiger partial charge in [0.05, 0.1) is 6.61 Å². The standard InChI is InChI=1S/C13H13BrN2O3S/c14-10-4-5-12(13(9-10)20(15,17)18)19-8-6-11-3-1-2-7-16-11/h1-5,7,9H,6,8H2,(H2,15,17,18). The highest BCUT2D eigenvalue weighted by Crippen LogP contribution is 2.26. The lowest BCUT2D eigenvalue weighted by atomic mass is 10.3. The average molecular weight is 357 g/mol. The summed E-state index contributed by atoms with van der Waals surface area (Å²) in [5.74, 6) is 0.242. The van der Waals surface area contributed by atoms with E-state index in [1.54, 1.807) is 18.3 Å². The summed E-state index contributed by atoms with van der Waals surface area (Å²) in [6, 6.07) is 10.3. The number of ether oxygens (including phenoxy) is 1. The lowest BCUT2D eigenvalue weighted by Gasteiger charge is -2.10. The van der Waals surface area contributed by atoms with Gasteiger partial charge < -0.3 is 4.74 Å². The van der Waals surface area contributed by atoms with Crippen LogP contribution in [0.25, 0.3) is 0 Å². The first-order chi connectivity index (χ1) is 9.47. The molecule has 2 aromatic rings. The Hall–Kier alpha value is -1.44. The maximum absolute atomic E-state index is 11.5. The Morgan fingerprint density at radius 3 is 2.70 bits per heavy atom. The second-order valence-corrected chi connectivity index (χ2v) is 6.50. The highest BCUT2D eigenvalue weighted by Gasteiger charge is 2.15. The van der Waals surface area contributed by atoms with Crippen molar-refractivity contribution < 1.29 is 13.2 Å². The molecule has 0 saturated carbocycles. The molecule has 0 aliphatic rings. The number of sulfonamides is 1. The van der Waals surface area contributed by atoms with E-state index in [0.717, 1.165) is 5.69 Å². The Kier molecular flexibility index (Phi) is 4.74. The summed E-state index contributed by atoms with van der Waals surface area (Å²) in [6.45, 7) is 0.321. The highest BCUT2D eigenvalue weighted by molar-refractivity contribution is 9.10. The molecule has 0 radical (unpaired) electrons. The summed E-state index contributed by atoms with van der Waals surface area (Å²) in [4.78, 5) is 4.13. The van der Waals surface area contributed by atoms with E-state index >= 15 is 0 Å². The molecule has 1 aromatic heterocycles. The summed E-state index contributed by atoms with van der Waals surface area (Å²) >= 11 is 3.21. The molecule has 0 spiro atoms. The summed E-state index contributed by atoms with van der Waals surface area (Å²) in [5, 5.41) is 5.17. The Morgan fingerprint density at radius 2 is 2.05 bits per heavy atom. The first kappa shape index (κ1) is 15.0. The summed E-state index contributed by atoms with van der Waals surface area (Å²) < 4.78 is 29.1. The van der Waals surface area contributed by atoms with E-state index in [-0.39, 0.29) is 10.6 Å². The third-order valence-electron chi connectivity index (χ3n) is 2.55. The number of halogens is 1. The van der Waals surface area contributed by atoms with Crippen LogP contribution in [0, 0.1) is 0 Å². The van der Waals surface area contributed by atoms with Crippen LogP contribution in [-0.4, -0.2) is 20.0 Å². The van der Waals surface area contributed by atoms with Gasteiger partial charge in [-0.3, -0.25) is 4.98 Å². The molecule has 0 unspecified atom stereocenters. The highest BCUT2D eigenvalue weighted by atomic mass is 79.9. The average Bonchev–Trinajstić information content (AvgIpc) is 2.40. The van der Waals surface area contributed by atoms with Crippen LogP contribution in [0.3, 0.4) is 0 Å². The third-order valence-corrected chi connectivity index (χ3v) is 3.98. The van der Waals surface area contributed by atoms with Crippen molar-refractivity contribution in [2.45, 2.75) is 11.3 Å². The van der Waals surface area contributed by atoms with Crippen molar-refractivity contribution in [3.8, 4) is 5.75 Å². The van der Waals surface area contributed by atoms with Crippen molar-refractivity contribution in [1.29, 1.82) is 0 Å². The number of rotatable bonds is 5. The van der Waals surface area contributed by atoms with Crippen molar-refractivity contribution in [2.75, 3.05) is 6.61 Å². The van der Waals surface area contributed by atoms with Crippen molar-refractivity contribution in [1.82, 2.24) is 4.98 Å². The molecule has 106 valence electrons. The minimum absolute atomic E-state index is 0.0344. The zero-order chi connectivity index (χ0) is 14.6. The Labute approximate surface area is 126 Å². The van der Waals surface area contributed by atoms with Gasteiger partial charge in [-0.1, -0.05) is 22.0 Å². The van der Waals surface area contributed by atoms with E-state index in [4.69, 9.17) is 9.88 Å². The van der Waals surface area contributed by atoms with Crippen molar-refractivity contribution in [2.24, 2.45) is 5.14 Å². The molecule has 20 heavy (non-hydrogen) atoms. The smallest absolute Gasteiger partial charge is 0.241 e. The molecule has 1 aromatic carbocycles. The Bertz CT molecular complexity index is 690. The summed E-state index contributed by atoms with van der Waals surface area (Å²) in [6.07, 6.45) is 2.28. The van der Waals surface area contributed by atoms with Crippen LogP contribution < -0.4 is 9.88 Å². The fourth-order valence-electron chi connectivity index (χ4n) is 1.64. The van der Waals surface area contributed by atoms with Gasteiger partial charge in [0.2, 0.25) is 10.0 Å². The first-order valence-electron chi connectivity index (χ1n) is 5.82. The maximum Gasteiger partial charge on any atom is 0.241 e. The van der Waals surface area contributed by atoms with Crippen LogP contribution in [0.15, 0.2) is 52.0 Å². The molecular formula is C13H13BrN2O3S. The molecule has 0 saturated heterocycles. The monoisotopic (exact) mass is 356 g/mol. The number of primary sulfonamides is 1. The molecule has 2 rings (SSSR count). The van der Waals surface area contributed by atoms with Gasteiger partial charge in [0.1, 0.15) is 10.6 Å². The number of benzene rings is 1. The lowest BCUT2D eigenvalue weighted by molar-refractivity contribution is 0.312. The van der Waals surface area contributed by atoms with Gasteiger partial charge in [-0.05, 0) is 30.3 Å². The topological polar surface area (TPSA) is 82.3 Å². The third kappa shape index (κ3) is 4.03. The van der Waals surface area contributed by atoms with Crippen LogP contribution in [0.5, 0.6) is 5.75 Å². The van der Waals surface area contributed by atoms with E-state index in [1.165, 1.54) is 6.07 Å². The fourth-order valence-corrected chi connectivity index (χ4v) is 2.85. The second kappa shape index (κ2) is 6.34. The van der Waals surface area contributed by atoms with E-state index in [0.29, 0.717) is 17.5 Å². The van der Waals surface area contributed by atoms with E-state index in [9.17, 15) is 8.42 Å². The van der Waals surface area contributed by atoms with E-state index in [2.05, 4.69) is 20.9 Å². The molecule has 0 bridgehead atoms. The van der Waals surface area contributed by atoms with Crippen LogP contribution in [0.1, 0.15) is 5.69 Å². The molecule has 0 amide bonds. The molecule has 0 fully saturated rings. The van der Waals surface area contributed by atoms with Gasteiger partial charge in [0.25, 0.3) is 0 Å². The largest absolute Gasteiger partial charge is 0.492 e. The predicted molar refractivity (Wildman–Crippen MR) is 79.0 cm³/mol. The Morgan fingerprint density at radius 1 is 1.25 bits per heavy atom. The van der Waals surface area contributed by atoms with Gasteiger partial charge in [-0.2, -0.15) is 0 Å². The van der Waals surface area contributed by atoms with Crippen molar-refractivity contribution in [3.05, 3.63) is 52.8 Å². The number of nitrogens with two attached hydrogens (primary N) is 1. The molecule has 0 aliphatic heterocycles. The minimum Gasteiger partial charge on any atom is -0.492 e. The van der Waals surface area contributed by atoms with Crippen molar-refractivity contribution in [3.63, 3.8) is 0 Å². The van der Waals surface area contributed by atoms with Crippen LogP contribution in [0.2, 0.25) is 0 Å². The van der Waals surface area contributed by atoms with E-state index in [1.807, 2.05) is 18.2 Å². The van der Waals surface area contributed by atoms with Gasteiger partial charge in [-0.25, -0.2) is 13.6 Å². The van der Waals surface area contributed by atoms with Crippen LogP contribution in [-0.2, 0) is 16.4 Å². The molecule has 0 atom stereocenters. The van der Waals surface area contributed by atoms with Crippen LogP contribution >= 0.6 is 15.9 Å². The quantitative estimate of drug-likeness (QED) is 0.889. The predicted octanol–water partition coefficient (Wildman–Crippen LogP) is 2.11. The first-order valence-corrected chi connectivity index (χ1v) is 8.16. The van der Waals surface area contributed by atoms with Crippen LogP contribution in [0.4, 0.5) is 0 Å². The second-order valence-electron chi connectivity index (χ2n) is 4.06. The molecule has 2 N–H and O–H groups in total. The summed E-state index contributed by atoms with van der Waals surface area (Å²) in [7, 11) is -3.82. The van der Waals surface area contributed by atoms with Crippen molar-refractivity contribution >= 4 is 26.0 Å². The normalized spacial score (nSPS) is 11.3. The molecule has 1 heterocycles. The van der Waals surface area contributed by atoms with Gasteiger partial charge in [0, 0.05) is 22.8 Å². The molecule has 5 nitrogen and oxygen atoms in total. The van der Waals surface area contributed by atoms with Gasteiger partial charge >= 0.3 is 0 Å². The lowest BCUT2D eigenvalue weighted by Crippen LogP contribution is -2.14. The molecule has 0 aliphatic carbocycles. The zero-order valence-corrected chi connectivity index (χ0v) is 12.9. The molecular weight excluding hydrogens is 344 g/mol. The molecule has 7 heteroatoms. The number of hydrogen-bond donors (Lipinski definition) is 1. The van der Waals surface area contributed by atoms with Gasteiger partial charge in [0.15, 0.2) is 0 Å². The van der Waals surface area contributed by atoms with Gasteiger partial charge in [-0.15, -0.1) is 0 Å². The minimum atomic E-state index is -3.82. The Balaban J connectivity index is 2.10. The number of aromatic nitrogens is 1. The number of hydrogen-bond acceptors (Lipinski definition) is 4. The maximum atomic E-state index is 11.5. The number of nitrogens with zero attached hydrogens (tertiary/aromatic N) is 1.